The summed E-state index contributed by atoms with van der Waals surface area (Å²) >= 11 is 5.97. The van der Waals surface area contributed by atoms with Crippen molar-refractivity contribution in [2.24, 2.45) is 0 Å². The Morgan fingerprint density at radius 2 is 1.81 bits per heavy atom. The van der Waals surface area contributed by atoms with E-state index in [1.54, 1.807) is 24.4 Å². The van der Waals surface area contributed by atoms with E-state index < -0.39 is 24.7 Å². The molecule has 31 heavy (non-hydrogen) atoms. The number of ether oxygens (including phenoxy) is 1. The number of carbonyl (C=O) groups excluding carboxylic acids is 2. The molecular weight excluding hydrogens is 435 g/mol. The van der Waals surface area contributed by atoms with E-state index in [-0.39, 0.29) is 11.4 Å². The molecule has 1 N–H and O–H groups in total. The highest BCUT2D eigenvalue weighted by atomic mass is 35.5. The highest BCUT2D eigenvalue weighted by Gasteiger charge is 2.40. The number of hydrogen-bond acceptors (Lipinski definition) is 5. The summed E-state index contributed by atoms with van der Waals surface area (Å²) in [7, 11) is 0. The summed E-state index contributed by atoms with van der Waals surface area (Å²) in [5.74, 6) is -2.77. The van der Waals surface area contributed by atoms with E-state index in [1.807, 2.05) is 18.2 Å². The average molecular weight is 450 g/mol. The Labute approximate surface area is 180 Å². The van der Waals surface area contributed by atoms with Gasteiger partial charge in [-0.15, -0.1) is 0 Å². The van der Waals surface area contributed by atoms with Crippen LogP contribution < -0.4 is 5.32 Å². The number of halogens is 4. The van der Waals surface area contributed by atoms with Crippen LogP contribution in [0.5, 0.6) is 0 Å². The molecule has 0 atom stereocenters. The first-order valence-electron chi connectivity index (χ1n) is 8.90. The fraction of sp³-hybridized carbons (Fsp3) is 0.143. The molecule has 1 amide bonds. The monoisotopic (exact) mass is 449 g/mol. The van der Waals surface area contributed by atoms with Gasteiger partial charge >= 0.3 is 12.1 Å². The largest absolute Gasteiger partial charge is 0.490 e. The van der Waals surface area contributed by atoms with Gasteiger partial charge in [0.2, 0.25) is 0 Å². The van der Waals surface area contributed by atoms with Crippen LogP contribution in [0.25, 0.3) is 0 Å². The SMILES string of the molecule is O=C(Nc1ccc(COC(=O)C(F)(F)F)nc1)c1ccc(Cc2cccc(Cl)c2)cn1. The third kappa shape index (κ3) is 6.51. The van der Waals surface area contributed by atoms with E-state index in [0.717, 1.165) is 11.1 Å². The zero-order valence-corrected chi connectivity index (χ0v) is 16.6. The standard InChI is InChI=1S/C21H15ClF3N3O3/c22-15-3-1-2-13(9-15)8-14-4-7-18(27-10-14)19(29)28-16-5-6-17(26-11-16)12-31-20(30)21(23,24)25/h1-7,9-11H,8,12H2,(H,28,29). The Morgan fingerprint density at radius 3 is 2.42 bits per heavy atom. The first kappa shape index (κ1) is 22.2. The lowest BCUT2D eigenvalue weighted by molar-refractivity contribution is -0.201. The van der Waals surface area contributed by atoms with Gasteiger partial charge in [-0.25, -0.2) is 4.79 Å². The summed E-state index contributed by atoms with van der Waals surface area (Å²) in [5.41, 5.74) is 2.50. The van der Waals surface area contributed by atoms with E-state index in [9.17, 15) is 22.8 Å². The van der Waals surface area contributed by atoms with E-state index in [4.69, 9.17) is 11.6 Å². The number of nitrogens with zero attached hydrogens (tertiary/aromatic N) is 2. The second-order valence-electron chi connectivity index (χ2n) is 6.42. The molecule has 2 heterocycles. The van der Waals surface area contributed by atoms with Gasteiger partial charge in [-0.2, -0.15) is 13.2 Å². The number of pyridine rings is 2. The van der Waals surface area contributed by atoms with Crippen molar-refractivity contribution >= 4 is 29.2 Å². The lowest BCUT2D eigenvalue weighted by Gasteiger charge is -2.08. The molecule has 0 aliphatic rings. The van der Waals surface area contributed by atoms with Crippen molar-refractivity contribution < 1.29 is 27.5 Å². The van der Waals surface area contributed by atoms with Gasteiger partial charge in [0.25, 0.3) is 5.91 Å². The molecule has 10 heteroatoms. The van der Waals surface area contributed by atoms with Crippen molar-refractivity contribution in [2.45, 2.75) is 19.2 Å². The van der Waals surface area contributed by atoms with Gasteiger partial charge in [0.05, 0.1) is 17.6 Å². The van der Waals surface area contributed by atoms with Crippen molar-refractivity contribution in [3.63, 3.8) is 0 Å². The van der Waals surface area contributed by atoms with Gasteiger partial charge < -0.3 is 10.1 Å². The Hall–Kier alpha value is -3.46. The minimum absolute atomic E-state index is 0.0964. The molecular formula is C21H15ClF3N3O3. The maximum Gasteiger partial charge on any atom is 0.490 e. The molecule has 6 nitrogen and oxygen atoms in total. The Kier molecular flexibility index (Phi) is 6.86. The predicted octanol–water partition coefficient (Wildman–Crippen LogP) is 4.58. The van der Waals surface area contributed by atoms with Crippen LogP contribution in [0.2, 0.25) is 5.02 Å². The number of benzene rings is 1. The number of amides is 1. The molecule has 160 valence electrons. The highest BCUT2D eigenvalue weighted by molar-refractivity contribution is 6.30. The molecule has 0 aliphatic carbocycles. The summed E-state index contributed by atoms with van der Waals surface area (Å²) < 4.78 is 40.5. The fourth-order valence-corrected chi connectivity index (χ4v) is 2.76. The van der Waals surface area contributed by atoms with Crippen molar-refractivity contribution in [3.05, 3.63) is 88.5 Å². The number of aromatic nitrogens is 2. The molecule has 1 aromatic carbocycles. The van der Waals surface area contributed by atoms with E-state index in [2.05, 4.69) is 20.0 Å². The van der Waals surface area contributed by atoms with Gasteiger partial charge in [-0.3, -0.25) is 14.8 Å². The number of rotatable bonds is 6. The third-order valence-corrected chi connectivity index (χ3v) is 4.25. The fourth-order valence-electron chi connectivity index (χ4n) is 2.55. The Bertz CT molecular complexity index is 1070. The van der Waals surface area contributed by atoms with E-state index >= 15 is 0 Å². The molecule has 0 bridgehead atoms. The minimum Gasteiger partial charge on any atom is -0.453 e. The summed E-state index contributed by atoms with van der Waals surface area (Å²) in [4.78, 5) is 31.0. The summed E-state index contributed by atoms with van der Waals surface area (Å²) in [6.07, 6.45) is -1.63. The van der Waals surface area contributed by atoms with Crippen LogP contribution in [0.3, 0.4) is 0 Å². The normalized spacial score (nSPS) is 11.1. The highest BCUT2D eigenvalue weighted by Crippen LogP contribution is 2.18. The Balaban J connectivity index is 1.55. The molecule has 3 aromatic rings. The maximum absolute atomic E-state index is 12.3. The zero-order chi connectivity index (χ0) is 22.4. The number of nitrogens with one attached hydrogen (secondary N) is 1. The van der Waals surface area contributed by atoms with Crippen LogP contribution in [0.15, 0.2) is 60.9 Å². The molecule has 0 saturated carbocycles. The second-order valence-corrected chi connectivity index (χ2v) is 6.86. The van der Waals surface area contributed by atoms with Crippen LogP contribution in [-0.4, -0.2) is 28.0 Å². The zero-order valence-electron chi connectivity index (χ0n) is 15.8. The smallest absolute Gasteiger partial charge is 0.453 e. The van der Waals surface area contributed by atoms with Crippen molar-refractivity contribution in [1.29, 1.82) is 0 Å². The van der Waals surface area contributed by atoms with Gasteiger partial charge in [0.1, 0.15) is 12.3 Å². The summed E-state index contributed by atoms with van der Waals surface area (Å²) in [6, 6.07) is 13.5. The first-order valence-corrected chi connectivity index (χ1v) is 9.28. The number of anilines is 1. The lowest BCUT2D eigenvalue weighted by atomic mass is 10.1. The van der Waals surface area contributed by atoms with Crippen LogP contribution in [-0.2, 0) is 22.6 Å². The summed E-state index contributed by atoms with van der Waals surface area (Å²) in [5, 5.41) is 3.22. The van der Waals surface area contributed by atoms with Gasteiger partial charge in [-0.1, -0.05) is 29.8 Å². The van der Waals surface area contributed by atoms with Crippen LogP contribution >= 0.6 is 11.6 Å². The van der Waals surface area contributed by atoms with Gasteiger partial charge in [0, 0.05) is 11.2 Å². The van der Waals surface area contributed by atoms with E-state index in [1.165, 1.54) is 18.3 Å². The number of hydrogen-bond donors (Lipinski definition) is 1. The first-order chi connectivity index (χ1) is 14.7. The van der Waals surface area contributed by atoms with Crippen molar-refractivity contribution in [3.8, 4) is 0 Å². The van der Waals surface area contributed by atoms with Gasteiger partial charge in [-0.05, 0) is 47.9 Å². The second kappa shape index (κ2) is 9.57. The quantitative estimate of drug-likeness (QED) is 0.557. The third-order valence-electron chi connectivity index (χ3n) is 4.02. The summed E-state index contributed by atoms with van der Waals surface area (Å²) in [6.45, 7) is -0.637. The molecule has 0 unspecified atom stereocenters. The van der Waals surface area contributed by atoms with Crippen LogP contribution in [0.1, 0.15) is 27.3 Å². The molecule has 3 rings (SSSR count). The maximum atomic E-state index is 12.3. The minimum atomic E-state index is -5.06. The van der Waals surface area contributed by atoms with Crippen molar-refractivity contribution in [2.75, 3.05) is 5.32 Å². The number of carbonyl (C=O) groups is 2. The molecule has 0 radical (unpaired) electrons. The van der Waals surface area contributed by atoms with Gasteiger partial charge in [0.15, 0.2) is 0 Å². The Morgan fingerprint density at radius 1 is 1.00 bits per heavy atom. The van der Waals surface area contributed by atoms with Crippen LogP contribution in [0.4, 0.5) is 18.9 Å². The predicted molar refractivity (Wildman–Crippen MR) is 107 cm³/mol. The van der Waals surface area contributed by atoms with E-state index in [0.29, 0.717) is 17.1 Å². The van der Waals surface area contributed by atoms with Crippen LogP contribution in [0, 0.1) is 0 Å². The topological polar surface area (TPSA) is 81.2 Å². The molecule has 0 saturated heterocycles. The lowest BCUT2D eigenvalue weighted by Crippen LogP contribution is -2.25. The molecule has 0 aliphatic heterocycles. The van der Waals surface area contributed by atoms with Crippen molar-refractivity contribution in [1.82, 2.24) is 9.97 Å². The number of alkyl halides is 3. The average Bonchev–Trinajstić information content (AvgIpc) is 2.73. The number of esters is 1. The molecule has 0 fully saturated rings. The molecule has 2 aromatic heterocycles. The molecule has 0 spiro atoms.